The van der Waals surface area contributed by atoms with Crippen molar-refractivity contribution in [2.75, 3.05) is 0 Å². The topological polar surface area (TPSA) is 38.3 Å². The van der Waals surface area contributed by atoms with Crippen LogP contribution in [-0.2, 0) is 9.53 Å². The molecule has 0 aromatic heterocycles. The van der Waals surface area contributed by atoms with Gasteiger partial charge in [0.25, 0.3) is 0 Å². The summed E-state index contributed by atoms with van der Waals surface area (Å²) in [5.41, 5.74) is -0.0934. The van der Waals surface area contributed by atoms with Gasteiger partial charge in [-0.15, -0.1) is 0 Å². The molecule has 19 heavy (non-hydrogen) atoms. The standard InChI is InChI=1S/C16H29NO2/c1-10(2)15(18)17-16(5)9-12(4)19-14-8-11(3)6-7-13(14)16/h10-14H,6-9H2,1-5H3,(H,17,18)/t11-,12+,13-,14-,16-/m1/s1. The first-order valence-electron chi connectivity index (χ1n) is 7.79. The third kappa shape index (κ3) is 3.13. The van der Waals surface area contributed by atoms with Gasteiger partial charge in [-0.1, -0.05) is 27.2 Å². The van der Waals surface area contributed by atoms with Gasteiger partial charge in [0.05, 0.1) is 12.2 Å². The molecule has 1 saturated carbocycles. The van der Waals surface area contributed by atoms with Crippen molar-refractivity contribution in [3.05, 3.63) is 0 Å². The molecule has 1 N–H and O–H groups in total. The quantitative estimate of drug-likeness (QED) is 0.834. The monoisotopic (exact) mass is 267 g/mol. The Morgan fingerprint density at radius 1 is 1.32 bits per heavy atom. The van der Waals surface area contributed by atoms with E-state index in [1.54, 1.807) is 0 Å². The molecule has 2 rings (SSSR count). The highest BCUT2D eigenvalue weighted by Gasteiger charge is 2.48. The number of carbonyl (C=O) groups excluding carboxylic acids is 1. The molecule has 2 fully saturated rings. The minimum atomic E-state index is -0.0934. The Kier molecular flexibility index (Phi) is 4.24. The average Bonchev–Trinajstić information content (AvgIpc) is 2.26. The fraction of sp³-hybridized carbons (Fsp3) is 0.938. The van der Waals surface area contributed by atoms with Crippen LogP contribution in [0.5, 0.6) is 0 Å². The van der Waals surface area contributed by atoms with E-state index >= 15 is 0 Å². The second-order valence-corrected chi connectivity index (χ2v) is 7.28. The summed E-state index contributed by atoms with van der Waals surface area (Å²) in [5.74, 6) is 1.45. The van der Waals surface area contributed by atoms with E-state index < -0.39 is 0 Å². The summed E-state index contributed by atoms with van der Waals surface area (Å²) in [6, 6.07) is 0. The van der Waals surface area contributed by atoms with Crippen LogP contribution in [0, 0.1) is 17.8 Å². The van der Waals surface area contributed by atoms with Crippen LogP contribution >= 0.6 is 0 Å². The first-order chi connectivity index (χ1) is 8.82. The van der Waals surface area contributed by atoms with Crippen molar-refractivity contribution < 1.29 is 9.53 Å². The first-order valence-corrected chi connectivity index (χ1v) is 7.79. The predicted molar refractivity (Wildman–Crippen MR) is 76.8 cm³/mol. The first kappa shape index (κ1) is 14.8. The molecule has 1 heterocycles. The molecule has 1 aliphatic carbocycles. The Morgan fingerprint density at radius 2 is 2.00 bits per heavy atom. The fourth-order valence-electron chi connectivity index (χ4n) is 3.87. The maximum absolute atomic E-state index is 12.1. The van der Waals surface area contributed by atoms with Gasteiger partial charge in [0.15, 0.2) is 0 Å². The van der Waals surface area contributed by atoms with Crippen LogP contribution in [0.3, 0.4) is 0 Å². The SMILES string of the molecule is CC(C)C(=O)N[C@]1(C)C[C@H](C)O[C@@H]2C[C@H](C)CC[C@H]21. The maximum Gasteiger partial charge on any atom is 0.222 e. The van der Waals surface area contributed by atoms with E-state index in [4.69, 9.17) is 4.74 Å². The zero-order chi connectivity index (χ0) is 14.2. The van der Waals surface area contributed by atoms with Crippen molar-refractivity contribution in [2.24, 2.45) is 17.8 Å². The van der Waals surface area contributed by atoms with Gasteiger partial charge >= 0.3 is 0 Å². The third-order valence-electron chi connectivity index (χ3n) is 4.92. The Labute approximate surface area is 117 Å². The fourth-order valence-corrected chi connectivity index (χ4v) is 3.87. The van der Waals surface area contributed by atoms with Gasteiger partial charge in [0, 0.05) is 17.4 Å². The van der Waals surface area contributed by atoms with Crippen LogP contribution in [-0.4, -0.2) is 23.7 Å². The largest absolute Gasteiger partial charge is 0.375 e. The van der Waals surface area contributed by atoms with Gasteiger partial charge < -0.3 is 10.1 Å². The molecular weight excluding hydrogens is 238 g/mol. The van der Waals surface area contributed by atoms with Gasteiger partial charge in [-0.3, -0.25) is 4.79 Å². The maximum atomic E-state index is 12.1. The van der Waals surface area contributed by atoms with Gasteiger partial charge in [-0.25, -0.2) is 0 Å². The number of nitrogens with one attached hydrogen (secondary N) is 1. The molecule has 3 nitrogen and oxygen atoms in total. The van der Waals surface area contributed by atoms with Crippen molar-refractivity contribution in [3.63, 3.8) is 0 Å². The Morgan fingerprint density at radius 3 is 2.63 bits per heavy atom. The number of ether oxygens (including phenoxy) is 1. The third-order valence-corrected chi connectivity index (χ3v) is 4.92. The van der Waals surface area contributed by atoms with Crippen LogP contribution in [0.2, 0.25) is 0 Å². The van der Waals surface area contributed by atoms with E-state index in [9.17, 15) is 4.79 Å². The molecule has 0 aromatic rings. The van der Waals surface area contributed by atoms with Crippen molar-refractivity contribution in [3.8, 4) is 0 Å². The molecular formula is C16H29NO2. The highest BCUT2D eigenvalue weighted by molar-refractivity contribution is 5.78. The second-order valence-electron chi connectivity index (χ2n) is 7.28. The van der Waals surface area contributed by atoms with Crippen LogP contribution in [0.25, 0.3) is 0 Å². The molecule has 0 spiro atoms. The van der Waals surface area contributed by atoms with Gasteiger partial charge in [0.1, 0.15) is 0 Å². The molecule has 2 aliphatic rings. The van der Waals surface area contributed by atoms with E-state index in [1.807, 2.05) is 13.8 Å². The molecule has 110 valence electrons. The van der Waals surface area contributed by atoms with E-state index in [0.717, 1.165) is 18.8 Å². The molecule has 0 bridgehead atoms. The minimum Gasteiger partial charge on any atom is -0.375 e. The lowest BCUT2D eigenvalue weighted by Crippen LogP contribution is -2.62. The van der Waals surface area contributed by atoms with E-state index in [0.29, 0.717) is 12.0 Å². The molecule has 0 aromatic carbocycles. The summed E-state index contributed by atoms with van der Waals surface area (Å²) in [6.07, 6.45) is 5.07. The number of hydrogen-bond donors (Lipinski definition) is 1. The van der Waals surface area contributed by atoms with E-state index in [1.165, 1.54) is 12.8 Å². The average molecular weight is 267 g/mol. The summed E-state index contributed by atoms with van der Waals surface area (Å²) >= 11 is 0. The zero-order valence-electron chi connectivity index (χ0n) is 13.0. The Bertz CT molecular complexity index is 340. The smallest absolute Gasteiger partial charge is 0.222 e. The molecule has 1 aliphatic heterocycles. The highest BCUT2D eigenvalue weighted by Crippen LogP contribution is 2.43. The van der Waals surface area contributed by atoms with Gasteiger partial charge in [-0.2, -0.15) is 0 Å². The molecule has 3 heteroatoms. The highest BCUT2D eigenvalue weighted by atomic mass is 16.5. The normalized spacial score (nSPS) is 42.8. The lowest BCUT2D eigenvalue weighted by molar-refractivity contribution is -0.149. The number of rotatable bonds is 2. The van der Waals surface area contributed by atoms with Crippen LogP contribution < -0.4 is 5.32 Å². The summed E-state index contributed by atoms with van der Waals surface area (Å²) in [7, 11) is 0. The van der Waals surface area contributed by atoms with E-state index in [2.05, 4.69) is 26.1 Å². The van der Waals surface area contributed by atoms with Crippen LogP contribution in [0.15, 0.2) is 0 Å². The molecule has 5 atom stereocenters. The molecule has 1 saturated heterocycles. The number of fused-ring (bicyclic) bond motifs is 1. The predicted octanol–water partition coefficient (Wildman–Crippen LogP) is 3.13. The second kappa shape index (κ2) is 5.43. The van der Waals surface area contributed by atoms with Crippen molar-refractivity contribution in [2.45, 2.75) is 78.0 Å². The number of hydrogen-bond acceptors (Lipinski definition) is 2. The van der Waals surface area contributed by atoms with Crippen molar-refractivity contribution in [1.82, 2.24) is 5.32 Å². The van der Waals surface area contributed by atoms with Crippen LogP contribution in [0.1, 0.15) is 60.3 Å². The zero-order valence-corrected chi connectivity index (χ0v) is 13.0. The summed E-state index contributed by atoms with van der Waals surface area (Å²) in [6.45, 7) is 10.6. The number of amides is 1. The number of carbonyl (C=O) groups is 1. The van der Waals surface area contributed by atoms with Gasteiger partial charge in [-0.05, 0) is 39.0 Å². The van der Waals surface area contributed by atoms with E-state index in [-0.39, 0.29) is 23.5 Å². The molecule has 0 radical (unpaired) electrons. The Hall–Kier alpha value is -0.570. The summed E-state index contributed by atoms with van der Waals surface area (Å²) in [5, 5.41) is 3.32. The molecule has 1 amide bonds. The van der Waals surface area contributed by atoms with Crippen molar-refractivity contribution >= 4 is 5.91 Å². The minimum absolute atomic E-state index is 0.0518. The Balaban J connectivity index is 2.14. The molecule has 0 unspecified atom stereocenters. The summed E-state index contributed by atoms with van der Waals surface area (Å²) < 4.78 is 6.15. The lowest BCUT2D eigenvalue weighted by Gasteiger charge is -2.52. The van der Waals surface area contributed by atoms with Crippen LogP contribution in [0.4, 0.5) is 0 Å². The van der Waals surface area contributed by atoms with Crippen molar-refractivity contribution in [1.29, 1.82) is 0 Å². The summed E-state index contributed by atoms with van der Waals surface area (Å²) in [4.78, 5) is 12.1. The lowest BCUT2D eigenvalue weighted by atomic mass is 9.67. The van der Waals surface area contributed by atoms with Gasteiger partial charge in [0.2, 0.25) is 5.91 Å².